The van der Waals surface area contributed by atoms with Gasteiger partial charge in [0.2, 0.25) is 10.0 Å². The van der Waals surface area contributed by atoms with Gasteiger partial charge in [-0.3, -0.25) is 4.72 Å². The Labute approximate surface area is 175 Å². The molecule has 0 unspecified atom stereocenters. The van der Waals surface area contributed by atoms with Crippen molar-refractivity contribution >= 4 is 45.0 Å². The first-order valence-electron chi connectivity index (χ1n) is 8.44. The molecule has 0 saturated heterocycles. The number of nitrogens with one attached hydrogen (secondary N) is 2. The molecule has 0 spiro atoms. The quantitative estimate of drug-likeness (QED) is 0.488. The predicted molar refractivity (Wildman–Crippen MR) is 115 cm³/mol. The minimum atomic E-state index is -3.31. The zero-order valence-electron chi connectivity index (χ0n) is 15.2. The Bertz CT molecular complexity index is 903. The van der Waals surface area contributed by atoms with Gasteiger partial charge in [-0.2, -0.15) is 0 Å². The van der Waals surface area contributed by atoms with Crippen molar-refractivity contribution in [1.82, 2.24) is 5.32 Å². The monoisotopic (exact) mass is 444 g/mol. The van der Waals surface area contributed by atoms with Crippen molar-refractivity contribution in [3.8, 4) is 5.75 Å². The molecule has 0 bridgehead atoms. The largest absolute Gasteiger partial charge is 0.491 e. The minimum Gasteiger partial charge on any atom is -0.491 e. The molecule has 0 aromatic heterocycles. The maximum Gasteiger partial charge on any atom is 0.229 e. The molecule has 0 radical (unpaired) electrons. The van der Waals surface area contributed by atoms with Crippen LogP contribution in [0.3, 0.4) is 0 Å². The van der Waals surface area contributed by atoms with Crippen molar-refractivity contribution < 1.29 is 18.3 Å². The van der Waals surface area contributed by atoms with Crippen molar-refractivity contribution in [1.29, 1.82) is 0 Å². The zero-order chi connectivity index (χ0) is 20.6. The predicted octanol–water partition coefficient (Wildman–Crippen LogP) is 3.41. The van der Waals surface area contributed by atoms with Crippen LogP contribution in [0.1, 0.15) is 5.56 Å². The van der Waals surface area contributed by atoms with Crippen LogP contribution in [-0.2, 0) is 10.0 Å². The number of benzene rings is 2. The molecule has 3 N–H and O–H groups in total. The maximum atomic E-state index is 11.2. The second-order valence-electron chi connectivity index (χ2n) is 6.10. The fraction of sp³-hybridized carbons (Fsp3) is 0.263. The third kappa shape index (κ3) is 8.50. The van der Waals surface area contributed by atoms with E-state index in [1.54, 1.807) is 36.4 Å². The second-order valence-corrected chi connectivity index (χ2v) is 8.66. The summed E-state index contributed by atoms with van der Waals surface area (Å²) in [4.78, 5) is 0. The van der Waals surface area contributed by atoms with E-state index in [1.165, 1.54) is 0 Å². The van der Waals surface area contributed by atoms with Gasteiger partial charge in [0.05, 0.1) is 16.3 Å². The topological polar surface area (TPSA) is 87.7 Å². The summed E-state index contributed by atoms with van der Waals surface area (Å²) in [5, 5.41) is 14.1. The van der Waals surface area contributed by atoms with E-state index in [0.717, 1.165) is 11.8 Å². The molecule has 152 valence electrons. The van der Waals surface area contributed by atoms with Gasteiger partial charge in [-0.05, 0) is 42.0 Å². The van der Waals surface area contributed by atoms with Gasteiger partial charge in [-0.25, -0.2) is 8.42 Å². The van der Waals surface area contributed by atoms with E-state index in [-0.39, 0.29) is 6.61 Å². The average Bonchev–Trinajstić information content (AvgIpc) is 2.62. The molecule has 2 rings (SSSR count). The summed E-state index contributed by atoms with van der Waals surface area (Å²) in [7, 11) is -3.31. The van der Waals surface area contributed by atoms with Crippen LogP contribution in [0.2, 0.25) is 10.0 Å². The highest BCUT2D eigenvalue weighted by Gasteiger charge is 2.06. The number of aliphatic hydroxyl groups excluding tert-OH is 1. The molecule has 1 atom stereocenters. The lowest BCUT2D eigenvalue weighted by Crippen LogP contribution is -2.31. The highest BCUT2D eigenvalue weighted by atomic mass is 35.5. The molecule has 0 saturated carbocycles. The van der Waals surface area contributed by atoms with E-state index >= 15 is 0 Å². The minimum absolute atomic E-state index is 0.113. The molecular formula is C19H22Cl2N2O4S. The normalized spacial score (nSPS) is 12.9. The Morgan fingerprint density at radius 2 is 1.86 bits per heavy atom. The SMILES string of the molecule is CS(=O)(=O)Nc1ccc(OC[C@@H](O)CNCC=Cc2ccc(Cl)c(Cl)c2)cc1. The van der Waals surface area contributed by atoms with Crippen molar-refractivity contribution in [3.63, 3.8) is 0 Å². The number of sulfonamides is 1. The second kappa shape index (κ2) is 10.7. The molecule has 0 aliphatic heterocycles. The van der Waals surface area contributed by atoms with Crippen LogP contribution in [-0.4, -0.2) is 45.6 Å². The van der Waals surface area contributed by atoms with Crippen molar-refractivity contribution in [2.24, 2.45) is 0 Å². The number of hydrogen-bond acceptors (Lipinski definition) is 5. The summed E-state index contributed by atoms with van der Waals surface area (Å²) < 4.78 is 30.2. The van der Waals surface area contributed by atoms with Crippen molar-refractivity contribution in [2.45, 2.75) is 6.10 Å². The van der Waals surface area contributed by atoms with E-state index in [1.807, 2.05) is 18.2 Å². The van der Waals surface area contributed by atoms with E-state index in [2.05, 4.69) is 10.0 Å². The third-order valence-electron chi connectivity index (χ3n) is 3.50. The molecule has 0 aliphatic carbocycles. The summed E-state index contributed by atoms with van der Waals surface area (Å²) in [5.74, 6) is 0.539. The molecule has 6 nitrogen and oxygen atoms in total. The summed E-state index contributed by atoms with van der Waals surface area (Å²) in [5.41, 5.74) is 1.39. The molecule has 9 heteroatoms. The van der Waals surface area contributed by atoms with E-state index in [9.17, 15) is 13.5 Å². The fourth-order valence-electron chi connectivity index (χ4n) is 2.23. The number of rotatable bonds is 10. The molecule has 0 fully saturated rings. The van der Waals surface area contributed by atoms with Crippen LogP contribution in [0.4, 0.5) is 5.69 Å². The lowest BCUT2D eigenvalue weighted by atomic mass is 10.2. The Hall–Kier alpha value is -1.77. The summed E-state index contributed by atoms with van der Waals surface area (Å²) in [6.07, 6.45) is 4.22. The molecule has 0 amide bonds. The summed E-state index contributed by atoms with van der Waals surface area (Å²) in [6, 6.07) is 11.8. The van der Waals surface area contributed by atoms with E-state index < -0.39 is 16.1 Å². The molecule has 0 heterocycles. The third-order valence-corrected chi connectivity index (χ3v) is 4.84. The lowest BCUT2D eigenvalue weighted by molar-refractivity contribution is 0.107. The van der Waals surface area contributed by atoms with Crippen molar-refractivity contribution in [3.05, 3.63) is 64.1 Å². The summed E-state index contributed by atoms with van der Waals surface area (Å²) in [6.45, 7) is 1.05. The molecule has 2 aromatic carbocycles. The van der Waals surface area contributed by atoms with Gasteiger partial charge in [0.15, 0.2) is 0 Å². The number of halogens is 2. The van der Waals surface area contributed by atoms with Crippen LogP contribution < -0.4 is 14.8 Å². The maximum absolute atomic E-state index is 11.2. The standard InChI is InChI=1S/C19H22Cl2N2O4S/c1-28(25,26)23-15-5-7-17(8-6-15)27-13-16(24)12-22-10-2-3-14-4-9-18(20)19(21)11-14/h2-9,11,16,22-24H,10,12-13H2,1H3/t16-/m0/s1. The first kappa shape index (κ1) is 22.5. The van der Waals surface area contributed by atoms with E-state index in [0.29, 0.717) is 34.6 Å². The number of aliphatic hydroxyl groups is 1. The van der Waals surface area contributed by atoms with Crippen LogP contribution in [0.15, 0.2) is 48.5 Å². The Kier molecular flexibility index (Phi) is 8.59. The van der Waals surface area contributed by atoms with Gasteiger partial charge in [0.25, 0.3) is 0 Å². The van der Waals surface area contributed by atoms with Gasteiger partial charge in [-0.1, -0.05) is 41.4 Å². The van der Waals surface area contributed by atoms with E-state index in [4.69, 9.17) is 27.9 Å². The van der Waals surface area contributed by atoms with Gasteiger partial charge in [0.1, 0.15) is 18.5 Å². The molecule has 0 aliphatic rings. The smallest absolute Gasteiger partial charge is 0.229 e. The van der Waals surface area contributed by atoms with Crippen LogP contribution in [0, 0.1) is 0 Å². The van der Waals surface area contributed by atoms with Crippen LogP contribution in [0.25, 0.3) is 6.08 Å². The van der Waals surface area contributed by atoms with Gasteiger partial charge < -0.3 is 15.2 Å². The van der Waals surface area contributed by atoms with Crippen LogP contribution >= 0.6 is 23.2 Å². The number of hydrogen-bond donors (Lipinski definition) is 3. The van der Waals surface area contributed by atoms with Crippen molar-refractivity contribution in [2.75, 3.05) is 30.7 Å². The average molecular weight is 445 g/mol. The molecule has 28 heavy (non-hydrogen) atoms. The van der Waals surface area contributed by atoms with Gasteiger partial charge in [0, 0.05) is 18.8 Å². The molecule has 2 aromatic rings. The van der Waals surface area contributed by atoms with Gasteiger partial charge in [-0.15, -0.1) is 0 Å². The Balaban J connectivity index is 1.67. The lowest BCUT2D eigenvalue weighted by Gasteiger charge is -2.13. The fourth-order valence-corrected chi connectivity index (χ4v) is 3.10. The summed E-state index contributed by atoms with van der Waals surface area (Å²) >= 11 is 11.8. The highest BCUT2D eigenvalue weighted by Crippen LogP contribution is 2.23. The number of ether oxygens (including phenoxy) is 1. The highest BCUT2D eigenvalue weighted by molar-refractivity contribution is 7.92. The first-order chi connectivity index (χ1) is 13.2. The zero-order valence-corrected chi connectivity index (χ0v) is 17.6. The number of anilines is 1. The Morgan fingerprint density at radius 3 is 2.50 bits per heavy atom. The van der Waals surface area contributed by atoms with Crippen LogP contribution in [0.5, 0.6) is 5.75 Å². The Morgan fingerprint density at radius 1 is 1.14 bits per heavy atom. The first-order valence-corrected chi connectivity index (χ1v) is 11.1. The van der Waals surface area contributed by atoms with Gasteiger partial charge >= 0.3 is 0 Å². The molecular weight excluding hydrogens is 423 g/mol.